The van der Waals surface area contributed by atoms with Gasteiger partial charge in [-0.1, -0.05) is 0 Å². The van der Waals surface area contributed by atoms with Crippen LogP contribution in [0.2, 0.25) is 0 Å². The fourth-order valence-electron chi connectivity index (χ4n) is 1.18. The lowest BCUT2D eigenvalue weighted by molar-refractivity contribution is -0.109. The minimum Gasteiger partial charge on any atom is -0.465 e. The number of ether oxygens (including phenoxy) is 1. The molecule has 1 aromatic heterocycles. The molecule has 0 fully saturated rings. The van der Waals surface area contributed by atoms with E-state index >= 15 is 0 Å². The average Bonchev–Trinajstić information content (AvgIpc) is 2.25. The van der Waals surface area contributed by atoms with Crippen molar-refractivity contribution in [3.05, 3.63) is 29.1 Å². The van der Waals surface area contributed by atoms with Gasteiger partial charge in [-0.15, -0.1) is 0 Å². The molecule has 0 aliphatic rings. The number of amides is 1. The number of hydrogen-bond acceptors (Lipinski definition) is 4. The Bertz CT molecular complexity index is 377. The molecule has 0 aliphatic heterocycles. The molecule has 0 aromatic carbocycles. The highest BCUT2D eigenvalue weighted by molar-refractivity contribution is 5.90. The van der Waals surface area contributed by atoms with Crippen LogP contribution in [0.4, 0.5) is 0 Å². The van der Waals surface area contributed by atoms with Crippen LogP contribution in [0.25, 0.3) is 0 Å². The van der Waals surface area contributed by atoms with Gasteiger partial charge in [0.05, 0.1) is 24.9 Å². The average molecular weight is 208 g/mol. The Morgan fingerprint density at radius 1 is 1.67 bits per heavy atom. The number of rotatable bonds is 4. The van der Waals surface area contributed by atoms with Gasteiger partial charge in [0.25, 0.3) is 0 Å². The second-order valence-corrected chi connectivity index (χ2v) is 2.98. The maximum atomic E-state index is 11.2. The van der Waals surface area contributed by atoms with E-state index in [1.165, 1.54) is 13.3 Å². The molecule has 5 nitrogen and oxygen atoms in total. The van der Waals surface area contributed by atoms with Gasteiger partial charge in [-0.25, -0.2) is 4.79 Å². The third kappa shape index (κ3) is 2.77. The minimum absolute atomic E-state index is 0.353. The Labute approximate surface area is 87.5 Å². The summed E-state index contributed by atoms with van der Waals surface area (Å²) >= 11 is 0. The second-order valence-electron chi connectivity index (χ2n) is 2.98. The van der Waals surface area contributed by atoms with Crippen LogP contribution in [0.1, 0.15) is 21.6 Å². The third-order valence-electron chi connectivity index (χ3n) is 1.94. The largest absolute Gasteiger partial charge is 0.465 e. The van der Waals surface area contributed by atoms with Crippen molar-refractivity contribution in [2.24, 2.45) is 0 Å². The first-order chi connectivity index (χ1) is 7.19. The highest BCUT2D eigenvalue weighted by atomic mass is 16.5. The Hall–Kier alpha value is -1.91. The smallest absolute Gasteiger partial charge is 0.339 e. The number of carbonyl (C=O) groups is 2. The quantitative estimate of drug-likeness (QED) is 0.575. The second kappa shape index (κ2) is 5.09. The fraction of sp³-hybridized carbons (Fsp3) is 0.300. The van der Waals surface area contributed by atoms with Gasteiger partial charge >= 0.3 is 5.97 Å². The first-order valence-electron chi connectivity index (χ1n) is 4.40. The van der Waals surface area contributed by atoms with E-state index in [0.717, 1.165) is 5.56 Å². The molecular weight excluding hydrogens is 196 g/mol. The van der Waals surface area contributed by atoms with Gasteiger partial charge in [0, 0.05) is 6.20 Å². The number of aryl methyl sites for hydroxylation is 1. The lowest BCUT2D eigenvalue weighted by Crippen LogP contribution is -2.12. The van der Waals surface area contributed by atoms with Crippen LogP contribution in [-0.4, -0.2) is 24.5 Å². The standard InChI is InChI=1S/C10H12N2O3/c1-7-3-8(4-11-6-13)12-5-9(7)10(14)15-2/h3,5-6H,4H2,1-2H3,(H,11,13). The number of nitrogens with one attached hydrogen (secondary N) is 1. The summed E-state index contributed by atoms with van der Waals surface area (Å²) in [6.07, 6.45) is 2.05. The van der Waals surface area contributed by atoms with Crippen molar-refractivity contribution in [3.8, 4) is 0 Å². The highest BCUT2D eigenvalue weighted by Crippen LogP contribution is 2.09. The monoisotopic (exact) mass is 208 g/mol. The van der Waals surface area contributed by atoms with Crippen molar-refractivity contribution in [1.82, 2.24) is 10.3 Å². The summed E-state index contributed by atoms with van der Waals surface area (Å²) in [5.74, 6) is -0.408. The van der Waals surface area contributed by atoms with Gasteiger partial charge in [0.1, 0.15) is 0 Å². The molecule has 0 radical (unpaired) electrons. The molecule has 0 atom stereocenters. The molecule has 0 saturated heterocycles. The molecule has 1 heterocycles. The molecule has 80 valence electrons. The van der Waals surface area contributed by atoms with Gasteiger partial charge in [0.15, 0.2) is 0 Å². The normalized spacial score (nSPS) is 9.47. The van der Waals surface area contributed by atoms with Crippen LogP contribution in [-0.2, 0) is 16.1 Å². The van der Waals surface area contributed by atoms with Crippen molar-refractivity contribution >= 4 is 12.4 Å². The highest BCUT2D eigenvalue weighted by Gasteiger charge is 2.09. The van der Waals surface area contributed by atoms with Crippen LogP contribution >= 0.6 is 0 Å². The van der Waals surface area contributed by atoms with Crippen LogP contribution in [0.15, 0.2) is 12.3 Å². The lowest BCUT2D eigenvalue weighted by Gasteiger charge is -2.05. The molecule has 0 spiro atoms. The predicted molar refractivity (Wildman–Crippen MR) is 53.2 cm³/mol. The number of esters is 1. The molecular formula is C10H12N2O3. The first-order valence-corrected chi connectivity index (χ1v) is 4.40. The van der Waals surface area contributed by atoms with Crippen LogP contribution in [0, 0.1) is 6.92 Å². The number of aromatic nitrogens is 1. The molecule has 0 unspecified atom stereocenters. The molecule has 0 saturated carbocycles. The van der Waals surface area contributed by atoms with Gasteiger partial charge in [-0.2, -0.15) is 0 Å². The van der Waals surface area contributed by atoms with Crippen LogP contribution < -0.4 is 5.32 Å². The summed E-state index contributed by atoms with van der Waals surface area (Å²) < 4.78 is 4.59. The maximum absolute atomic E-state index is 11.2. The number of pyridine rings is 1. The summed E-state index contributed by atoms with van der Waals surface area (Å²) in [6, 6.07) is 1.74. The molecule has 0 bridgehead atoms. The lowest BCUT2D eigenvalue weighted by atomic mass is 10.1. The Morgan fingerprint density at radius 2 is 2.40 bits per heavy atom. The first kappa shape index (κ1) is 11.2. The SMILES string of the molecule is COC(=O)c1cnc(CNC=O)cc1C. The predicted octanol–water partition coefficient (Wildman–Crippen LogP) is 0.423. The number of nitrogens with zero attached hydrogens (tertiary/aromatic N) is 1. The summed E-state index contributed by atoms with van der Waals surface area (Å²) in [6.45, 7) is 2.14. The van der Waals surface area contributed by atoms with Crippen molar-refractivity contribution < 1.29 is 14.3 Å². The Kier molecular flexibility index (Phi) is 3.79. The third-order valence-corrected chi connectivity index (χ3v) is 1.94. The van der Waals surface area contributed by atoms with Crippen LogP contribution in [0.3, 0.4) is 0 Å². The number of methoxy groups -OCH3 is 1. The molecule has 0 aliphatic carbocycles. The Morgan fingerprint density at radius 3 is 2.93 bits per heavy atom. The van der Waals surface area contributed by atoms with Crippen LogP contribution in [0.5, 0.6) is 0 Å². The summed E-state index contributed by atoms with van der Waals surface area (Å²) in [5, 5.41) is 2.50. The zero-order valence-corrected chi connectivity index (χ0v) is 8.61. The molecule has 1 rings (SSSR count). The molecule has 5 heteroatoms. The van der Waals surface area contributed by atoms with Crippen molar-refractivity contribution in [3.63, 3.8) is 0 Å². The molecule has 15 heavy (non-hydrogen) atoms. The number of hydrogen-bond donors (Lipinski definition) is 1. The van der Waals surface area contributed by atoms with Crippen molar-refractivity contribution in [1.29, 1.82) is 0 Å². The van der Waals surface area contributed by atoms with E-state index in [-0.39, 0.29) is 0 Å². The minimum atomic E-state index is -0.408. The molecule has 1 N–H and O–H groups in total. The topological polar surface area (TPSA) is 68.3 Å². The van der Waals surface area contributed by atoms with E-state index in [4.69, 9.17) is 0 Å². The fourth-order valence-corrected chi connectivity index (χ4v) is 1.18. The zero-order valence-electron chi connectivity index (χ0n) is 8.61. The summed E-state index contributed by atoms with van der Waals surface area (Å²) in [7, 11) is 1.32. The molecule has 1 aromatic rings. The van der Waals surface area contributed by atoms with E-state index in [1.807, 2.05) is 0 Å². The van der Waals surface area contributed by atoms with Crippen molar-refractivity contribution in [2.75, 3.05) is 7.11 Å². The van der Waals surface area contributed by atoms with Gasteiger partial charge in [-0.05, 0) is 18.6 Å². The van der Waals surface area contributed by atoms with E-state index in [1.54, 1.807) is 13.0 Å². The summed E-state index contributed by atoms with van der Waals surface area (Å²) in [4.78, 5) is 25.3. The number of carbonyl (C=O) groups excluding carboxylic acids is 2. The van der Waals surface area contributed by atoms with E-state index < -0.39 is 5.97 Å². The molecule has 1 amide bonds. The Balaban J connectivity index is 2.87. The van der Waals surface area contributed by atoms with Gasteiger partial charge < -0.3 is 10.1 Å². The summed E-state index contributed by atoms with van der Waals surface area (Å²) in [5.41, 5.74) is 1.92. The van der Waals surface area contributed by atoms with Gasteiger partial charge in [0.2, 0.25) is 6.41 Å². The zero-order chi connectivity index (χ0) is 11.3. The van der Waals surface area contributed by atoms with Gasteiger partial charge in [-0.3, -0.25) is 9.78 Å². The van der Waals surface area contributed by atoms with E-state index in [9.17, 15) is 9.59 Å². The van der Waals surface area contributed by atoms with Crippen molar-refractivity contribution in [2.45, 2.75) is 13.5 Å². The van der Waals surface area contributed by atoms with E-state index in [2.05, 4.69) is 15.0 Å². The maximum Gasteiger partial charge on any atom is 0.339 e. The van der Waals surface area contributed by atoms with E-state index in [0.29, 0.717) is 24.2 Å².